The molecule has 1 saturated heterocycles. The van der Waals surface area contributed by atoms with Gasteiger partial charge >= 0.3 is 0 Å². The average molecular weight is 325 g/mol. The zero-order valence-electron chi connectivity index (χ0n) is 13.9. The number of morpholine rings is 1. The molecular weight excluding hydrogens is 302 g/mol. The zero-order chi connectivity index (χ0) is 16.8. The molecule has 5 nitrogen and oxygen atoms in total. The highest BCUT2D eigenvalue weighted by molar-refractivity contribution is 5.95. The third-order valence-electron chi connectivity index (χ3n) is 4.28. The summed E-state index contributed by atoms with van der Waals surface area (Å²) in [5.74, 6) is 0.779. The molecule has 1 fully saturated rings. The number of aromatic nitrogens is 1. The smallest absolute Gasteiger partial charge is 0.231 e. The molecule has 0 aliphatic carbocycles. The predicted molar refractivity (Wildman–Crippen MR) is 95.4 cm³/mol. The van der Waals surface area contributed by atoms with E-state index in [1.54, 1.807) is 6.20 Å². The highest BCUT2D eigenvalue weighted by atomic mass is 16.5. The van der Waals surface area contributed by atoms with Crippen LogP contribution >= 0.6 is 0 Å². The van der Waals surface area contributed by atoms with Crippen molar-refractivity contribution >= 4 is 17.4 Å². The third-order valence-corrected chi connectivity index (χ3v) is 4.28. The molecular formula is C19H23N3O2. The number of rotatable bonds is 5. The molecule has 24 heavy (non-hydrogen) atoms. The minimum Gasteiger partial charge on any atom is -0.378 e. The third kappa shape index (κ3) is 3.92. The summed E-state index contributed by atoms with van der Waals surface area (Å²) >= 11 is 0. The number of carbonyl (C=O) groups excluding carboxylic acids is 1. The molecule has 1 atom stereocenters. The number of anilines is 2. The van der Waals surface area contributed by atoms with Crippen molar-refractivity contribution < 1.29 is 9.53 Å². The van der Waals surface area contributed by atoms with Crippen molar-refractivity contribution in [3.8, 4) is 0 Å². The molecule has 1 aliphatic rings. The Morgan fingerprint density at radius 2 is 1.96 bits per heavy atom. The summed E-state index contributed by atoms with van der Waals surface area (Å²) in [6.45, 7) is 5.19. The fraction of sp³-hybridized carbons (Fsp3) is 0.368. The number of carbonyl (C=O) groups is 1. The van der Waals surface area contributed by atoms with Crippen molar-refractivity contribution in [1.82, 2.24) is 4.98 Å². The van der Waals surface area contributed by atoms with Crippen LogP contribution in [-0.4, -0.2) is 37.2 Å². The second-order valence-corrected chi connectivity index (χ2v) is 5.87. The van der Waals surface area contributed by atoms with E-state index in [9.17, 15) is 4.79 Å². The molecule has 1 aromatic carbocycles. The first-order valence-corrected chi connectivity index (χ1v) is 8.42. The summed E-state index contributed by atoms with van der Waals surface area (Å²) in [4.78, 5) is 19.2. The number of nitrogens with zero attached hydrogens (tertiary/aromatic N) is 2. The first-order chi connectivity index (χ1) is 11.8. The maximum absolute atomic E-state index is 12.6. The van der Waals surface area contributed by atoms with Crippen LogP contribution in [0, 0.1) is 0 Å². The van der Waals surface area contributed by atoms with Crippen molar-refractivity contribution in [3.05, 3.63) is 54.2 Å². The molecule has 0 bridgehead atoms. The fourth-order valence-corrected chi connectivity index (χ4v) is 2.93. The van der Waals surface area contributed by atoms with Crippen LogP contribution in [0.25, 0.3) is 0 Å². The molecule has 5 heteroatoms. The van der Waals surface area contributed by atoms with Crippen LogP contribution in [0.5, 0.6) is 0 Å². The van der Waals surface area contributed by atoms with E-state index in [1.807, 2.05) is 49.4 Å². The molecule has 0 unspecified atom stereocenters. The van der Waals surface area contributed by atoms with E-state index >= 15 is 0 Å². The zero-order valence-corrected chi connectivity index (χ0v) is 13.9. The Morgan fingerprint density at radius 3 is 2.58 bits per heavy atom. The lowest BCUT2D eigenvalue weighted by molar-refractivity contribution is -0.117. The molecule has 0 radical (unpaired) electrons. The maximum Gasteiger partial charge on any atom is 0.231 e. The van der Waals surface area contributed by atoms with Crippen molar-refractivity contribution in [3.63, 3.8) is 0 Å². The van der Waals surface area contributed by atoms with Crippen molar-refractivity contribution in [2.24, 2.45) is 0 Å². The van der Waals surface area contributed by atoms with Crippen LogP contribution in [0.3, 0.4) is 0 Å². The number of ether oxygens (including phenoxy) is 1. The predicted octanol–water partition coefficient (Wildman–Crippen LogP) is 3.05. The summed E-state index contributed by atoms with van der Waals surface area (Å²) in [6, 6.07) is 13.7. The van der Waals surface area contributed by atoms with Gasteiger partial charge in [-0.2, -0.15) is 0 Å². The first kappa shape index (κ1) is 16.5. The Bertz CT molecular complexity index is 652. The standard InChI is InChI=1S/C19H23N3O2/c1-2-17(15-6-4-3-5-7-15)19(23)21-16-8-9-18(20-14-16)22-10-12-24-13-11-22/h3-9,14,17H,2,10-13H2,1H3,(H,21,23)/t17-/m0/s1. The lowest BCUT2D eigenvalue weighted by Gasteiger charge is -2.27. The van der Waals surface area contributed by atoms with Crippen molar-refractivity contribution in [2.45, 2.75) is 19.3 Å². The monoisotopic (exact) mass is 325 g/mol. The van der Waals surface area contributed by atoms with E-state index in [2.05, 4.69) is 15.2 Å². The Morgan fingerprint density at radius 1 is 1.21 bits per heavy atom. The largest absolute Gasteiger partial charge is 0.378 e. The molecule has 126 valence electrons. The van der Waals surface area contributed by atoms with Crippen LogP contribution in [0.1, 0.15) is 24.8 Å². The SMILES string of the molecule is CC[C@H](C(=O)Nc1ccc(N2CCOCC2)nc1)c1ccccc1. The van der Waals surface area contributed by atoms with Gasteiger partial charge in [0.15, 0.2) is 0 Å². The fourth-order valence-electron chi connectivity index (χ4n) is 2.93. The molecule has 0 spiro atoms. The van der Waals surface area contributed by atoms with Crippen LogP contribution in [0.2, 0.25) is 0 Å². The Kier molecular flexibility index (Phi) is 5.43. The Hall–Kier alpha value is -2.40. The van der Waals surface area contributed by atoms with Gasteiger partial charge < -0.3 is 15.0 Å². The topological polar surface area (TPSA) is 54.5 Å². The van der Waals surface area contributed by atoms with Gasteiger partial charge in [0.1, 0.15) is 5.82 Å². The van der Waals surface area contributed by atoms with Gasteiger partial charge in [-0.25, -0.2) is 4.98 Å². The molecule has 1 aliphatic heterocycles. The summed E-state index contributed by atoms with van der Waals surface area (Å²) in [7, 11) is 0. The molecule has 3 rings (SSSR count). The maximum atomic E-state index is 12.6. The van der Waals surface area contributed by atoms with Gasteiger partial charge in [0.25, 0.3) is 0 Å². The average Bonchev–Trinajstić information content (AvgIpc) is 2.64. The van der Waals surface area contributed by atoms with E-state index in [0.717, 1.165) is 49.8 Å². The van der Waals surface area contributed by atoms with E-state index < -0.39 is 0 Å². The summed E-state index contributed by atoms with van der Waals surface area (Å²) < 4.78 is 5.35. The van der Waals surface area contributed by atoms with E-state index in [-0.39, 0.29) is 11.8 Å². The second-order valence-electron chi connectivity index (χ2n) is 5.87. The molecule has 0 saturated carbocycles. The molecule has 2 heterocycles. The number of nitrogens with one attached hydrogen (secondary N) is 1. The van der Waals surface area contributed by atoms with Gasteiger partial charge in [-0.1, -0.05) is 37.3 Å². The molecule has 1 amide bonds. The lowest BCUT2D eigenvalue weighted by Crippen LogP contribution is -2.36. The van der Waals surface area contributed by atoms with Crippen LogP contribution in [-0.2, 0) is 9.53 Å². The van der Waals surface area contributed by atoms with Gasteiger partial charge in [-0.3, -0.25) is 4.79 Å². The molecule has 2 aromatic rings. The van der Waals surface area contributed by atoms with Gasteiger partial charge in [-0.15, -0.1) is 0 Å². The summed E-state index contributed by atoms with van der Waals surface area (Å²) in [6.07, 6.45) is 2.48. The van der Waals surface area contributed by atoms with Crippen LogP contribution in [0.4, 0.5) is 11.5 Å². The number of benzene rings is 1. The van der Waals surface area contributed by atoms with Gasteiger partial charge in [0.2, 0.25) is 5.91 Å². The molecule has 1 N–H and O–H groups in total. The van der Waals surface area contributed by atoms with Gasteiger partial charge in [0, 0.05) is 13.1 Å². The quantitative estimate of drug-likeness (QED) is 0.918. The van der Waals surface area contributed by atoms with E-state index in [1.165, 1.54) is 0 Å². The molecule has 1 aromatic heterocycles. The highest BCUT2D eigenvalue weighted by Gasteiger charge is 2.19. The number of hydrogen-bond acceptors (Lipinski definition) is 4. The van der Waals surface area contributed by atoms with Crippen molar-refractivity contribution in [2.75, 3.05) is 36.5 Å². The first-order valence-electron chi connectivity index (χ1n) is 8.42. The normalized spacial score (nSPS) is 15.8. The number of amides is 1. The highest BCUT2D eigenvalue weighted by Crippen LogP contribution is 2.22. The van der Waals surface area contributed by atoms with Crippen molar-refractivity contribution in [1.29, 1.82) is 0 Å². The minimum absolute atomic E-state index is 0.00428. The Balaban J connectivity index is 1.65. The lowest BCUT2D eigenvalue weighted by atomic mass is 9.95. The van der Waals surface area contributed by atoms with Gasteiger partial charge in [0.05, 0.1) is 31.0 Å². The second kappa shape index (κ2) is 7.93. The van der Waals surface area contributed by atoms with E-state index in [0.29, 0.717) is 0 Å². The number of pyridine rings is 1. The Labute approximate surface area is 142 Å². The minimum atomic E-state index is -0.148. The van der Waals surface area contributed by atoms with Crippen LogP contribution < -0.4 is 10.2 Å². The van der Waals surface area contributed by atoms with E-state index in [4.69, 9.17) is 4.74 Å². The number of hydrogen-bond donors (Lipinski definition) is 1. The summed E-state index contributed by atoms with van der Waals surface area (Å²) in [5, 5.41) is 2.98. The van der Waals surface area contributed by atoms with Gasteiger partial charge in [-0.05, 0) is 24.1 Å². The van der Waals surface area contributed by atoms with Crippen LogP contribution in [0.15, 0.2) is 48.7 Å². The summed E-state index contributed by atoms with van der Waals surface area (Å²) in [5.41, 5.74) is 1.77.